The maximum absolute atomic E-state index is 12.2. The van der Waals surface area contributed by atoms with Crippen LogP contribution in [0.5, 0.6) is 0 Å². The molecule has 6 nitrogen and oxygen atoms in total. The van der Waals surface area contributed by atoms with Crippen molar-refractivity contribution in [3.8, 4) is 0 Å². The lowest BCUT2D eigenvalue weighted by Gasteiger charge is -2.35. The second-order valence-corrected chi connectivity index (χ2v) is 5.78. The lowest BCUT2D eigenvalue weighted by molar-refractivity contribution is -0.141. The van der Waals surface area contributed by atoms with E-state index in [1.807, 2.05) is 0 Å². The number of likely N-dealkylation sites (tertiary alicyclic amines) is 1. The lowest BCUT2D eigenvalue weighted by atomic mass is 10.0. The second kappa shape index (κ2) is 6.42. The summed E-state index contributed by atoms with van der Waals surface area (Å²) < 4.78 is 0. The van der Waals surface area contributed by atoms with Crippen LogP contribution >= 0.6 is 11.6 Å². The molecule has 120 valence electrons. The largest absolute Gasteiger partial charge is 0.349 e. The fourth-order valence-electron chi connectivity index (χ4n) is 2.82. The highest BCUT2D eigenvalue weighted by Crippen LogP contribution is 2.25. The van der Waals surface area contributed by atoms with E-state index in [2.05, 4.69) is 10.6 Å². The van der Waals surface area contributed by atoms with Crippen LogP contribution in [0.3, 0.4) is 0 Å². The van der Waals surface area contributed by atoms with Gasteiger partial charge in [0.25, 0.3) is 0 Å². The zero-order valence-electron chi connectivity index (χ0n) is 12.3. The monoisotopic (exact) mass is 333 g/mol. The van der Waals surface area contributed by atoms with E-state index in [-0.39, 0.29) is 35.7 Å². The quantitative estimate of drug-likeness (QED) is 0.490. The number of amides is 3. The number of nitrogens with one attached hydrogen (secondary N) is 2. The van der Waals surface area contributed by atoms with Gasteiger partial charge < -0.3 is 15.5 Å². The SMILES string of the molecule is O=C(CCl)Nc1ccc(C=CC(=O)N2CCC3NC(=O)C32)cc1. The number of carbonyl (C=O) groups excluding carboxylic acids is 3. The van der Waals surface area contributed by atoms with Gasteiger partial charge in [0.05, 0.1) is 6.04 Å². The summed E-state index contributed by atoms with van der Waals surface area (Å²) >= 11 is 5.42. The van der Waals surface area contributed by atoms with Gasteiger partial charge in [-0.15, -0.1) is 11.6 Å². The fourth-order valence-corrected chi connectivity index (χ4v) is 2.89. The Morgan fingerprint density at radius 1 is 1.35 bits per heavy atom. The highest BCUT2D eigenvalue weighted by molar-refractivity contribution is 6.29. The molecule has 0 aliphatic carbocycles. The summed E-state index contributed by atoms with van der Waals surface area (Å²) in [6.07, 6.45) is 3.98. The van der Waals surface area contributed by atoms with Gasteiger partial charge in [0, 0.05) is 18.3 Å². The molecule has 2 atom stereocenters. The average molecular weight is 334 g/mol. The number of hydrogen-bond donors (Lipinski definition) is 2. The van der Waals surface area contributed by atoms with Crippen molar-refractivity contribution in [2.24, 2.45) is 0 Å². The molecular formula is C16H16ClN3O3. The number of carbonyl (C=O) groups is 3. The molecule has 0 aromatic heterocycles. The Morgan fingerprint density at radius 2 is 2.09 bits per heavy atom. The minimum atomic E-state index is -0.305. The molecule has 2 unspecified atom stereocenters. The van der Waals surface area contributed by atoms with Crippen molar-refractivity contribution in [3.63, 3.8) is 0 Å². The molecule has 0 saturated carbocycles. The summed E-state index contributed by atoms with van der Waals surface area (Å²) in [6, 6.07) is 6.86. The molecule has 7 heteroatoms. The molecule has 2 aliphatic heterocycles. The third-order valence-corrected chi connectivity index (χ3v) is 4.25. The lowest BCUT2D eigenvalue weighted by Crippen LogP contribution is -2.64. The van der Waals surface area contributed by atoms with Crippen LogP contribution in [0, 0.1) is 0 Å². The number of hydrogen-bond acceptors (Lipinski definition) is 3. The van der Waals surface area contributed by atoms with E-state index < -0.39 is 0 Å². The second-order valence-electron chi connectivity index (χ2n) is 5.52. The van der Waals surface area contributed by atoms with Crippen molar-refractivity contribution in [2.45, 2.75) is 18.5 Å². The van der Waals surface area contributed by atoms with Crippen LogP contribution in [0.2, 0.25) is 0 Å². The first-order valence-electron chi connectivity index (χ1n) is 7.33. The summed E-state index contributed by atoms with van der Waals surface area (Å²) in [5, 5.41) is 5.43. The first-order valence-corrected chi connectivity index (χ1v) is 7.87. The first kappa shape index (κ1) is 15.6. The van der Waals surface area contributed by atoms with Crippen LogP contribution in [-0.4, -0.2) is 47.1 Å². The Kier molecular flexibility index (Phi) is 4.34. The molecule has 2 saturated heterocycles. The maximum atomic E-state index is 12.2. The number of anilines is 1. The van der Waals surface area contributed by atoms with Crippen LogP contribution in [0.15, 0.2) is 30.3 Å². The van der Waals surface area contributed by atoms with Gasteiger partial charge in [0.2, 0.25) is 17.7 Å². The summed E-state index contributed by atoms with van der Waals surface area (Å²) in [6.45, 7) is 0.598. The van der Waals surface area contributed by atoms with Crippen molar-refractivity contribution in [1.29, 1.82) is 0 Å². The predicted molar refractivity (Wildman–Crippen MR) is 86.9 cm³/mol. The standard InChI is InChI=1S/C16H16ClN3O3/c17-9-13(21)18-11-4-1-10(2-5-11)3-6-14(22)20-8-7-12-15(20)16(23)19-12/h1-6,12,15H,7-9H2,(H,18,21)(H,19,23). The predicted octanol–water partition coefficient (Wildman–Crippen LogP) is 0.976. The number of rotatable bonds is 4. The van der Waals surface area contributed by atoms with E-state index in [9.17, 15) is 14.4 Å². The molecule has 1 aromatic carbocycles. The third-order valence-electron chi connectivity index (χ3n) is 4.01. The zero-order chi connectivity index (χ0) is 16.4. The first-order chi connectivity index (χ1) is 11.1. The summed E-state index contributed by atoms with van der Waals surface area (Å²) in [4.78, 5) is 36.5. The van der Waals surface area contributed by atoms with Crippen molar-refractivity contribution in [1.82, 2.24) is 10.2 Å². The molecule has 0 spiro atoms. The number of β-lactam (4-membered cyclic amide) rings is 1. The van der Waals surface area contributed by atoms with E-state index >= 15 is 0 Å². The molecule has 0 radical (unpaired) electrons. The molecule has 23 heavy (non-hydrogen) atoms. The van der Waals surface area contributed by atoms with E-state index in [1.54, 1.807) is 35.2 Å². The topological polar surface area (TPSA) is 78.5 Å². The molecule has 0 bridgehead atoms. The Morgan fingerprint density at radius 3 is 2.74 bits per heavy atom. The van der Waals surface area contributed by atoms with Gasteiger partial charge in [-0.1, -0.05) is 12.1 Å². The minimum absolute atomic E-state index is 0.0753. The van der Waals surface area contributed by atoms with E-state index in [0.717, 1.165) is 12.0 Å². The minimum Gasteiger partial charge on any atom is -0.349 e. The smallest absolute Gasteiger partial charge is 0.247 e. The molecule has 2 fully saturated rings. The molecule has 2 N–H and O–H groups in total. The highest BCUT2D eigenvalue weighted by Gasteiger charge is 2.49. The number of halogens is 1. The van der Waals surface area contributed by atoms with Gasteiger partial charge >= 0.3 is 0 Å². The van der Waals surface area contributed by atoms with Crippen LogP contribution in [0.25, 0.3) is 6.08 Å². The summed E-state index contributed by atoms with van der Waals surface area (Å²) in [7, 11) is 0. The van der Waals surface area contributed by atoms with Crippen molar-refractivity contribution in [2.75, 3.05) is 17.7 Å². The Labute approximate surface area is 138 Å². The van der Waals surface area contributed by atoms with E-state index in [4.69, 9.17) is 11.6 Å². The van der Waals surface area contributed by atoms with Gasteiger partial charge in [-0.2, -0.15) is 0 Å². The normalized spacial score (nSPS) is 22.5. The van der Waals surface area contributed by atoms with Crippen LogP contribution < -0.4 is 10.6 Å². The molecule has 1 aromatic rings. The van der Waals surface area contributed by atoms with Gasteiger partial charge in [-0.3, -0.25) is 14.4 Å². The number of nitrogens with zero attached hydrogens (tertiary/aromatic N) is 1. The molecule has 2 aliphatic rings. The molecule has 2 heterocycles. The fraction of sp³-hybridized carbons (Fsp3) is 0.312. The van der Waals surface area contributed by atoms with E-state index in [0.29, 0.717) is 12.2 Å². The van der Waals surface area contributed by atoms with Crippen molar-refractivity contribution < 1.29 is 14.4 Å². The Bertz CT molecular complexity index is 672. The van der Waals surface area contributed by atoms with Gasteiger partial charge in [0.1, 0.15) is 11.9 Å². The summed E-state index contributed by atoms with van der Waals surface area (Å²) in [5.41, 5.74) is 1.48. The Balaban J connectivity index is 1.60. The highest BCUT2D eigenvalue weighted by atomic mass is 35.5. The number of alkyl halides is 1. The summed E-state index contributed by atoms with van der Waals surface area (Å²) in [5.74, 6) is -0.602. The van der Waals surface area contributed by atoms with Crippen LogP contribution in [-0.2, 0) is 14.4 Å². The van der Waals surface area contributed by atoms with Gasteiger partial charge in [0.15, 0.2) is 0 Å². The zero-order valence-corrected chi connectivity index (χ0v) is 13.0. The molecular weight excluding hydrogens is 318 g/mol. The molecule has 3 rings (SSSR count). The van der Waals surface area contributed by atoms with E-state index in [1.165, 1.54) is 6.08 Å². The number of fused-ring (bicyclic) bond motifs is 1. The van der Waals surface area contributed by atoms with Crippen LogP contribution in [0.4, 0.5) is 5.69 Å². The van der Waals surface area contributed by atoms with Gasteiger partial charge in [-0.25, -0.2) is 0 Å². The number of benzene rings is 1. The maximum Gasteiger partial charge on any atom is 0.247 e. The average Bonchev–Trinajstić information content (AvgIpc) is 2.90. The Hall–Kier alpha value is -2.34. The van der Waals surface area contributed by atoms with Crippen molar-refractivity contribution in [3.05, 3.63) is 35.9 Å². The van der Waals surface area contributed by atoms with Gasteiger partial charge in [-0.05, 0) is 30.2 Å². The molecule has 3 amide bonds. The van der Waals surface area contributed by atoms with Crippen molar-refractivity contribution >= 4 is 41.1 Å². The van der Waals surface area contributed by atoms with Crippen LogP contribution in [0.1, 0.15) is 12.0 Å². The third kappa shape index (κ3) is 3.22.